The molecule has 0 aromatic heterocycles. The SMILES string of the molecule is COc1cc(NC(=O)C2(/C(N)=N/O)CC2)c(OC)cc1Cl. The molecular formula is C13H16ClN3O4. The van der Waals surface area contributed by atoms with Crippen LogP contribution in [0, 0.1) is 5.41 Å². The number of carbonyl (C=O) groups is 1. The summed E-state index contributed by atoms with van der Waals surface area (Å²) in [5.74, 6) is 0.339. The zero-order valence-corrected chi connectivity index (χ0v) is 12.4. The number of nitrogens with two attached hydrogens (primary N) is 1. The standard InChI is InChI=1S/C13H16ClN3O4/c1-20-9-6-8(10(21-2)5-7(9)14)16-12(18)13(3-4-13)11(15)17-19/h5-6,19H,3-4H2,1-2H3,(H2,15,17)(H,16,18). The Morgan fingerprint density at radius 2 is 2.00 bits per heavy atom. The molecule has 2 rings (SSSR count). The van der Waals surface area contributed by atoms with Crippen molar-refractivity contribution >= 4 is 29.0 Å². The van der Waals surface area contributed by atoms with Gasteiger partial charge in [-0.2, -0.15) is 0 Å². The number of amides is 1. The Morgan fingerprint density at radius 1 is 1.38 bits per heavy atom. The van der Waals surface area contributed by atoms with E-state index < -0.39 is 5.41 Å². The third kappa shape index (κ3) is 2.69. The molecule has 4 N–H and O–H groups in total. The number of nitrogens with zero attached hydrogens (tertiary/aromatic N) is 1. The predicted octanol–water partition coefficient (Wildman–Crippen LogP) is 1.82. The van der Waals surface area contributed by atoms with Gasteiger partial charge in [-0.05, 0) is 12.8 Å². The summed E-state index contributed by atoms with van der Waals surface area (Å²) in [6, 6.07) is 3.10. The number of methoxy groups -OCH3 is 2. The van der Waals surface area contributed by atoms with Gasteiger partial charge >= 0.3 is 0 Å². The maximum absolute atomic E-state index is 12.3. The molecule has 1 fully saturated rings. The highest BCUT2D eigenvalue weighted by Crippen LogP contribution is 2.47. The maximum Gasteiger partial charge on any atom is 0.238 e. The van der Waals surface area contributed by atoms with Crippen molar-refractivity contribution in [2.75, 3.05) is 19.5 Å². The van der Waals surface area contributed by atoms with Crippen molar-refractivity contribution in [3.05, 3.63) is 17.2 Å². The minimum Gasteiger partial charge on any atom is -0.495 e. The van der Waals surface area contributed by atoms with Gasteiger partial charge in [-0.25, -0.2) is 0 Å². The third-order valence-corrected chi connectivity index (χ3v) is 3.80. The van der Waals surface area contributed by atoms with E-state index in [1.807, 2.05) is 0 Å². The monoisotopic (exact) mass is 313 g/mol. The number of hydrogen-bond donors (Lipinski definition) is 3. The number of oxime groups is 1. The number of rotatable bonds is 5. The Kier molecular flexibility index (Phi) is 4.13. The lowest BCUT2D eigenvalue weighted by Gasteiger charge is -2.17. The van der Waals surface area contributed by atoms with Gasteiger partial charge in [-0.1, -0.05) is 16.8 Å². The summed E-state index contributed by atoms with van der Waals surface area (Å²) in [6.07, 6.45) is 1.06. The molecule has 1 aromatic carbocycles. The van der Waals surface area contributed by atoms with E-state index in [9.17, 15) is 4.79 Å². The molecule has 1 amide bonds. The first-order chi connectivity index (χ1) is 9.98. The molecule has 7 nitrogen and oxygen atoms in total. The van der Waals surface area contributed by atoms with Crippen LogP contribution >= 0.6 is 11.6 Å². The Balaban J connectivity index is 2.29. The molecule has 0 heterocycles. The average Bonchev–Trinajstić information content (AvgIpc) is 3.29. The minimum absolute atomic E-state index is 0.0973. The van der Waals surface area contributed by atoms with Crippen molar-refractivity contribution in [1.29, 1.82) is 0 Å². The Labute approximate surface area is 126 Å². The van der Waals surface area contributed by atoms with Gasteiger partial charge in [-0.15, -0.1) is 0 Å². The average molecular weight is 314 g/mol. The summed E-state index contributed by atoms with van der Waals surface area (Å²) in [5, 5.41) is 14.8. The molecule has 0 atom stereocenters. The predicted molar refractivity (Wildman–Crippen MR) is 78.3 cm³/mol. The van der Waals surface area contributed by atoms with Crippen molar-refractivity contribution in [2.45, 2.75) is 12.8 Å². The number of amidine groups is 1. The highest BCUT2D eigenvalue weighted by atomic mass is 35.5. The molecule has 1 aliphatic carbocycles. The van der Waals surface area contributed by atoms with Gasteiger partial charge < -0.3 is 25.7 Å². The van der Waals surface area contributed by atoms with Crippen LogP contribution in [0.1, 0.15) is 12.8 Å². The highest BCUT2D eigenvalue weighted by Gasteiger charge is 2.54. The molecule has 0 aliphatic heterocycles. The van der Waals surface area contributed by atoms with Gasteiger partial charge in [0.15, 0.2) is 5.84 Å². The fourth-order valence-corrected chi connectivity index (χ4v) is 2.25. The van der Waals surface area contributed by atoms with Crippen molar-refractivity contribution in [1.82, 2.24) is 0 Å². The van der Waals surface area contributed by atoms with Gasteiger partial charge in [0.05, 0.1) is 24.9 Å². The second kappa shape index (κ2) is 5.69. The van der Waals surface area contributed by atoms with E-state index in [0.717, 1.165) is 0 Å². The topological polar surface area (TPSA) is 106 Å². The van der Waals surface area contributed by atoms with Crippen molar-refractivity contribution < 1.29 is 19.5 Å². The molecule has 1 aromatic rings. The van der Waals surface area contributed by atoms with E-state index in [4.69, 9.17) is 32.0 Å². The molecule has 8 heteroatoms. The summed E-state index contributed by atoms with van der Waals surface area (Å²) in [6.45, 7) is 0. The second-order valence-electron chi connectivity index (χ2n) is 4.71. The second-order valence-corrected chi connectivity index (χ2v) is 5.12. The lowest BCUT2D eigenvalue weighted by molar-refractivity contribution is -0.119. The van der Waals surface area contributed by atoms with Crippen molar-refractivity contribution in [3.63, 3.8) is 0 Å². The van der Waals surface area contributed by atoms with E-state index in [1.54, 1.807) is 12.1 Å². The van der Waals surface area contributed by atoms with Gasteiger partial charge in [0, 0.05) is 12.1 Å². The first-order valence-corrected chi connectivity index (χ1v) is 6.57. The Hall–Kier alpha value is -2.15. The summed E-state index contributed by atoms with van der Waals surface area (Å²) < 4.78 is 10.3. The van der Waals surface area contributed by atoms with E-state index in [-0.39, 0.29) is 11.7 Å². The van der Waals surface area contributed by atoms with Crippen LogP contribution in [0.15, 0.2) is 17.3 Å². The van der Waals surface area contributed by atoms with Crippen molar-refractivity contribution in [2.24, 2.45) is 16.3 Å². The number of nitrogens with one attached hydrogen (secondary N) is 1. The number of carbonyl (C=O) groups excluding carboxylic acids is 1. The summed E-state index contributed by atoms with van der Waals surface area (Å²) in [5.41, 5.74) is 5.03. The largest absolute Gasteiger partial charge is 0.495 e. The molecule has 0 radical (unpaired) electrons. The first kappa shape index (κ1) is 15.2. The highest BCUT2D eigenvalue weighted by molar-refractivity contribution is 6.32. The molecule has 0 bridgehead atoms. The van der Waals surface area contributed by atoms with E-state index in [1.165, 1.54) is 14.2 Å². The molecule has 0 spiro atoms. The fraction of sp³-hybridized carbons (Fsp3) is 0.385. The number of anilines is 1. The van der Waals surface area contributed by atoms with Gasteiger partial charge in [-0.3, -0.25) is 4.79 Å². The number of hydrogen-bond acceptors (Lipinski definition) is 5. The van der Waals surface area contributed by atoms with Crippen LogP contribution in [0.4, 0.5) is 5.69 Å². The molecule has 0 unspecified atom stereocenters. The van der Waals surface area contributed by atoms with E-state index >= 15 is 0 Å². The molecular weight excluding hydrogens is 298 g/mol. The zero-order chi connectivity index (χ0) is 15.6. The number of ether oxygens (including phenoxy) is 2. The summed E-state index contributed by atoms with van der Waals surface area (Å²) >= 11 is 6.00. The summed E-state index contributed by atoms with van der Waals surface area (Å²) in [7, 11) is 2.93. The first-order valence-electron chi connectivity index (χ1n) is 6.19. The zero-order valence-electron chi connectivity index (χ0n) is 11.6. The quantitative estimate of drug-likeness (QED) is 0.333. The van der Waals surface area contributed by atoms with Crippen LogP contribution in [0.5, 0.6) is 11.5 Å². The molecule has 21 heavy (non-hydrogen) atoms. The smallest absolute Gasteiger partial charge is 0.238 e. The van der Waals surface area contributed by atoms with Gasteiger partial charge in [0.1, 0.15) is 16.9 Å². The van der Waals surface area contributed by atoms with Crippen LogP contribution in [0.3, 0.4) is 0 Å². The summed E-state index contributed by atoms with van der Waals surface area (Å²) in [4.78, 5) is 12.3. The normalized spacial score (nSPS) is 16.2. The van der Waals surface area contributed by atoms with Crippen LogP contribution in [-0.2, 0) is 4.79 Å². The Bertz CT molecular complexity index is 599. The number of halogens is 1. The van der Waals surface area contributed by atoms with Crippen LogP contribution in [-0.4, -0.2) is 31.2 Å². The van der Waals surface area contributed by atoms with E-state index in [0.29, 0.717) is 35.1 Å². The molecule has 1 aliphatic rings. The third-order valence-electron chi connectivity index (χ3n) is 3.50. The lowest BCUT2D eigenvalue weighted by atomic mass is 10.1. The van der Waals surface area contributed by atoms with Crippen LogP contribution in [0.25, 0.3) is 0 Å². The maximum atomic E-state index is 12.3. The van der Waals surface area contributed by atoms with Gasteiger partial charge in [0.25, 0.3) is 0 Å². The fourth-order valence-electron chi connectivity index (χ4n) is 2.02. The van der Waals surface area contributed by atoms with E-state index in [2.05, 4.69) is 10.5 Å². The van der Waals surface area contributed by atoms with Gasteiger partial charge in [0.2, 0.25) is 5.91 Å². The van der Waals surface area contributed by atoms with Crippen LogP contribution < -0.4 is 20.5 Å². The molecule has 114 valence electrons. The van der Waals surface area contributed by atoms with Crippen LogP contribution in [0.2, 0.25) is 5.02 Å². The Morgan fingerprint density at radius 3 is 2.48 bits per heavy atom. The minimum atomic E-state index is -0.952. The molecule has 0 saturated heterocycles. The number of benzene rings is 1. The lowest BCUT2D eigenvalue weighted by Crippen LogP contribution is -2.36. The van der Waals surface area contributed by atoms with Crippen molar-refractivity contribution in [3.8, 4) is 11.5 Å². The molecule has 1 saturated carbocycles.